The van der Waals surface area contributed by atoms with Crippen molar-refractivity contribution in [3.8, 4) is 22.6 Å². The van der Waals surface area contributed by atoms with E-state index in [0.717, 1.165) is 17.7 Å². The van der Waals surface area contributed by atoms with Gasteiger partial charge in [-0.15, -0.1) is 0 Å². The van der Waals surface area contributed by atoms with Crippen LogP contribution in [0.15, 0.2) is 65.6 Å². The molecule has 7 heteroatoms. The molecule has 0 atom stereocenters. The fraction of sp³-hybridized carbons (Fsp3) is 0.0526. The Hall–Kier alpha value is -2.57. The summed E-state index contributed by atoms with van der Waals surface area (Å²) in [5.74, 6) is -2.42. The van der Waals surface area contributed by atoms with Crippen LogP contribution in [0, 0.1) is 5.82 Å². The average Bonchev–Trinajstić information content (AvgIpc) is 2.60. The Morgan fingerprint density at radius 1 is 0.885 bits per heavy atom. The zero-order chi connectivity index (χ0) is 18.9. The number of benzene rings is 3. The molecule has 0 fully saturated rings. The maximum absolute atomic E-state index is 14.2. The van der Waals surface area contributed by atoms with Crippen LogP contribution in [0.2, 0.25) is 5.02 Å². The Labute approximate surface area is 155 Å². The van der Waals surface area contributed by atoms with Crippen molar-refractivity contribution in [2.75, 3.05) is 0 Å². The smallest absolute Gasteiger partial charge is 0.186 e. The molecule has 0 spiro atoms. The van der Waals surface area contributed by atoms with Crippen LogP contribution in [0.25, 0.3) is 11.1 Å². The second-order valence-electron chi connectivity index (χ2n) is 5.70. The second kappa shape index (κ2) is 6.97. The van der Waals surface area contributed by atoms with Crippen LogP contribution in [0.1, 0.15) is 5.56 Å². The predicted molar refractivity (Wildman–Crippen MR) is 97.5 cm³/mol. The number of aromatic hydroxyl groups is 2. The van der Waals surface area contributed by atoms with Crippen molar-refractivity contribution in [3.63, 3.8) is 0 Å². The number of halogens is 2. The molecule has 2 N–H and O–H groups in total. The van der Waals surface area contributed by atoms with E-state index < -0.39 is 37.8 Å². The first kappa shape index (κ1) is 18.2. The van der Waals surface area contributed by atoms with Gasteiger partial charge >= 0.3 is 0 Å². The third-order valence-corrected chi connectivity index (χ3v) is 5.85. The lowest BCUT2D eigenvalue weighted by Crippen LogP contribution is -2.07. The van der Waals surface area contributed by atoms with Crippen LogP contribution in [-0.2, 0) is 15.6 Å². The lowest BCUT2D eigenvalue weighted by atomic mass is 10.0. The third-order valence-electron chi connectivity index (χ3n) is 3.86. The molecular formula is C19H14ClFO4S. The van der Waals surface area contributed by atoms with Gasteiger partial charge < -0.3 is 10.2 Å². The fourth-order valence-corrected chi connectivity index (χ4v) is 4.25. The van der Waals surface area contributed by atoms with Gasteiger partial charge in [-0.25, -0.2) is 12.8 Å². The molecule has 0 radical (unpaired) electrons. The third kappa shape index (κ3) is 3.66. The van der Waals surface area contributed by atoms with E-state index in [1.807, 2.05) is 30.3 Å². The summed E-state index contributed by atoms with van der Waals surface area (Å²) >= 11 is 5.73. The van der Waals surface area contributed by atoms with E-state index >= 15 is 0 Å². The van der Waals surface area contributed by atoms with Crippen molar-refractivity contribution in [1.82, 2.24) is 0 Å². The molecule has 3 rings (SSSR count). The first-order valence-corrected chi connectivity index (χ1v) is 9.59. The van der Waals surface area contributed by atoms with Gasteiger partial charge in [0.2, 0.25) is 0 Å². The normalized spacial score (nSPS) is 11.5. The van der Waals surface area contributed by atoms with E-state index in [-0.39, 0.29) is 10.6 Å². The largest absolute Gasteiger partial charge is 0.506 e. The minimum Gasteiger partial charge on any atom is -0.506 e. The van der Waals surface area contributed by atoms with Gasteiger partial charge in [0.05, 0.1) is 10.8 Å². The molecule has 0 aliphatic rings. The summed E-state index contributed by atoms with van der Waals surface area (Å²) in [5, 5.41) is 19.1. The monoisotopic (exact) mass is 392 g/mol. The van der Waals surface area contributed by atoms with Crippen molar-refractivity contribution >= 4 is 21.4 Å². The van der Waals surface area contributed by atoms with E-state index in [9.17, 15) is 23.0 Å². The van der Waals surface area contributed by atoms with Crippen molar-refractivity contribution < 1.29 is 23.0 Å². The molecule has 0 saturated heterocycles. The highest BCUT2D eigenvalue weighted by Crippen LogP contribution is 2.35. The molecule has 3 aromatic rings. The van der Waals surface area contributed by atoms with E-state index in [0.29, 0.717) is 5.56 Å². The van der Waals surface area contributed by atoms with E-state index in [1.165, 1.54) is 12.1 Å². The highest BCUT2D eigenvalue weighted by Gasteiger charge is 2.23. The minimum absolute atomic E-state index is 0.0325. The zero-order valence-electron chi connectivity index (χ0n) is 13.4. The molecule has 0 aromatic heterocycles. The Bertz CT molecular complexity index is 1070. The average molecular weight is 393 g/mol. The van der Waals surface area contributed by atoms with Gasteiger partial charge in [0, 0.05) is 11.6 Å². The van der Waals surface area contributed by atoms with E-state index in [2.05, 4.69) is 0 Å². The number of phenols is 2. The van der Waals surface area contributed by atoms with E-state index in [4.69, 9.17) is 11.6 Å². The molecule has 0 aliphatic heterocycles. The van der Waals surface area contributed by atoms with Crippen LogP contribution < -0.4 is 0 Å². The van der Waals surface area contributed by atoms with Crippen LogP contribution >= 0.6 is 11.6 Å². The lowest BCUT2D eigenvalue weighted by Gasteiger charge is -2.10. The van der Waals surface area contributed by atoms with Crippen molar-refractivity contribution in [2.24, 2.45) is 0 Å². The van der Waals surface area contributed by atoms with Crippen LogP contribution in [0.3, 0.4) is 0 Å². The summed E-state index contributed by atoms with van der Waals surface area (Å²) in [7, 11) is -4.09. The molecular weight excluding hydrogens is 379 g/mol. The number of hydrogen-bond acceptors (Lipinski definition) is 4. The summed E-state index contributed by atoms with van der Waals surface area (Å²) in [6, 6.07) is 15.2. The Balaban J connectivity index is 2.02. The van der Waals surface area contributed by atoms with Gasteiger partial charge in [-0.05, 0) is 29.3 Å². The summed E-state index contributed by atoms with van der Waals surface area (Å²) in [6.45, 7) is 0. The molecule has 0 unspecified atom stereocenters. The molecule has 0 aliphatic carbocycles. The van der Waals surface area contributed by atoms with Gasteiger partial charge in [-0.1, -0.05) is 48.0 Å². The molecule has 3 aromatic carbocycles. The van der Waals surface area contributed by atoms with Crippen molar-refractivity contribution in [3.05, 3.63) is 77.1 Å². The van der Waals surface area contributed by atoms with Crippen LogP contribution in [0.4, 0.5) is 4.39 Å². The SMILES string of the molecule is O=S(=O)(Cc1cc(-c2ccccc2)ccc1F)c1cc(Cl)c(O)cc1O. The minimum atomic E-state index is -4.09. The highest BCUT2D eigenvalue weighted by molar-refractivity contribution is 7.90. The Morgan fingerprint density at radius 2 is 1.58 bits per heavy atom. The molecule has 4 nitrogen and oxygen atoms in total. The van der Waals surface area contributed by atoms with Crippen molar-refractivity contribution in [2.45, 2.75) is 10.6 Å². The van der Waals surface area contributed by atoms with Crippen LogP contribution in [0.5, 0.6) is 11.5 Å². The van der Waals surface area contributed by atoms with Gasteiger partial charge in [0.1, 0.15) is 22.2 Å². The quantitative estimate of drug-likeness (QED) is 0.684. The number of rotatable bonds is 4. The van der Waals surface area contributed by atoms with Gasteiger partial charge in [0.25, 0.3) is 0 Å². The molecule has 0 bridgehead atoms. The molecule has 0 saturated carbocycles. The molecule has 0 amide bonds. The van der Waals surface area contributed by atoms with Crippen molar-refractivity contribution in [1.29, 1.82) is 0 Å². The Morgan fingerprint density at radius 3 is 2.27 bits per heavy atom. The maximum Gasteiger partial charge on any atom is 0.186 e. The lowest BCUT2D eigenvalue weighted by molar-refractivity contribution is 0.439. The number of sulfone groups is 1. The zero-order valence-corrected chi connectivity index (χ0v) is 14.9. The standard InChI is InChI=1S/C19H14ClFO4S/c20-15-9-19(18(23)10-17(15)22)26(24,25)11-14-8-13(6-7-16(14)21)12-4-2-1-3-5-12/h1-10,22-23H,11H2. The summed E-state index contributed by atoms with van der Waals surface area (Å²) in [5.41, 5.74) is 1.46. The maximum atomic E-state index is 14.2. The fourth-order valence-electron chi connectivity index (χ4n) is 2.56. The number of hydrogen-bond donors (Lipinski definition) is 2. The summed E-state index contributed by atoms with van der Waals surface area (Å²) in [4.78, 5) is -0.468. The van der Waals surface area contributed by atoms with E-state index in [1.54, 1.807) is 6.07 Å². The predicted octanol–water partition coefficient (Wildman–Crippen LogP) is 4.53. The van der Waals surface area contributed by atoms with Gasteiger partial charge in [-0.2, -0.15) is 0 Å². The second-order valence-corrected chi connectivity index (χ2v) is 8.07. The molecule has 134 valence electrons. The van der Waals surface area contributed by atoms with Gasteiger partial charge in [0.15, 0.2) is 9.84 Å². The molecule has 26 heavy (non-hydrogen) atoms. The Kier molecular flexibility index (Phi) is 4.89. The first-order chi connectivity index (χ1) is 12.3. The molecule has 0 heterocycles. The number of phenolic OH excluding ortho intramolecular Hbond substituents is 2. The first-order valence-electron chi connectivity index (χ1n) is 7.56. The van der Waals surface area contributed by atoms with Gasteiger partial charge in [-0.3, -0.25) is 0 Å². The highest BCUT2D eigenvalue weighted by atomic mass is 35.5. The van der Waals surface area contributed by atoms with Crippen LogP contribution in [-0.4, -0.2) is 18.6 Å². The summed E-state index contributed by atoms with van der Waals surface area (Å²) in [6.07, 6.45) is 0. The summed E-state index contributed by atoms with van der Waals surface area (Å²) < 4.78 is 39.4. The topological polar surface area (TPSA) is 74.6 Å².